The molecule has 0 heterocycles. The second kappa shape index (κ2) is 41.0. The fourth-order valence-corrected chi connectivity index (χ4v) is 11.1. The number of likely N-dealkylation sites (N-methyl/N-ethyl adjacent to an activating group) is 2. The monoisotopic (exact) mass is 1260 g/mol. The molecule has 90 heavy (non-hydrogen) atoms. The van der Waals surface area contributed by atoms with Gasteiger partial charge in [0, 0.05) is 69.1 Å². The van der Waals surface area contributed by atoms with E-state index < -0.39 is 29.7 Å². The Morgan fingerprint density at radius 2 is 0.800 bits per heavy atom. The standard InChI is InChI=1S/C66H108N12O12/c1-77(2)33-31-71-61(79)51-40-53(59(89-37-17-9-13-29-69)43-57(51)87-35-15-7-11-27-67)65(83)75-47-23-19-45(20-24-47)73-63(81)49-39-50(56(86-6)42-55(49)85-5)64(82)74-46-21-25-48(26-22-46)76-66(84)54-41-52(62(80)72-32-34-78(3)4)58(88-36-16-8-12-28-68)44-60(54)90-38-18-10-14-30-70/h39-48,53,59H,7-38,67-70H2,1-6H3,(H,71,79)(H,72,80)(H,73,81)(H,74,82)(H,75,83)(H,76,84). The number of benzene rings is 2. The Morgan fingerprint density at radius 3 is 1.21 bits per heavy atom. The van der Waals surface area contributed by atoms with Crippen molar-refractivity contribution in [2.24, 2.45) is 28.9 Å². The molecule has 2 saturated carbocycles. The van der Waals surface area contributed by atoms with Crippen LogP contribution in [0.2, 0.25) is 0 Å². The number of nitrogens with zero attached hydrogens (tertiary/aromatic N) is 2. The summed E-state index contributed by atoms with van der Waals surface area (Å²) in [6.07, 6.45) is 17.1. The van der Waals surface area contributed by atoms with E-state index in [2.05, 4.69) is 31.9 Å². The van der Waals surface area contributed by atoms with Gasteiger partial charge in [-0.2, -0.15) is 0 Å². The summed E-state index contributed by atoms with van der Waals surface area (Å²) in [6, 6.07) is 5.29. The van der Waals surface area contributed by atoms with Crippen molar-refractivity contribution in [3.63, 3.8) is 0 Å². The summed E-state index contributed by atoms with van der Waals surface area (Å²) in [5.41, 5.74) is 24.0. The van der Waals surface area contributed by atoms with Gasteiger partial charge in [-0.3, -0.25) is 28.8 Å². The highest BCUT2D eigenvalue weighted by atomic mass is 16.5. The molecular weight excluding hydrogens is 1150 g/mol. The van der Waals surface area contributed by atoms with Gasteiger partial charge < -0.3 is 93.1 Å². The molecule has 5 rings (SSSR count). The molecule has 2 unspecified atom stereocenters. The second-order valence-electron chi connectivity index (χ2n) is 24.2. The molecule has 0 aromatic heterocycles. The van der Waals surface area contributed by atoms with Crippen LogP contribution in [0.15, 0.2) is 47.7 Å². The van der Waals surface area contributed by atoms with Crippen molar-refractivity contribution in [2.75, 3.05) is 121 Å². The highest BCUT2D eigenvalue weighted by Gasteiger charge is 2.37. The molecule has 0 radical (unpaired) electrons. The topological polar surface area (TPSA) is 341 Å². The Bertz CT molecular complexity index is 2620. The predicted molar refractivity (Wildman–Crippen MR) is 349 cm³/mol. The lowest BCUT2D eigenvalue weighted by molar-refractivity contribution is -0.128. The molecule has 14 N–H and O–H groups in total. The molecule has 0 bridgehead atoms. The lowest BCUT2D eigenvalue weighted by Gasteiger charge is -2.33. The van der Waals surface area contributed by atoms with E-state index in [4.69, 9.17) is 51.4 Å². The van der Waals surface area contributed by atoms with Crippen LogP contribution >= 0.6 is 0 Å². The number of hydrogen-bond acceptors (Lipinski definition) is 18. The number of carbonyl (C=O) groups excluding carboxylic acids is 6. The molecule has 2 aromatic carbocycles. The van der Waals surface area contributed by atoms with Gasteiger partial charge in [-0.1, -0.05) is 6.08 Å². The SMILES string of the molecule is COc1cc(OC)c(C(=O)NC2CCC(NC(=O)C3C=C(C(=O)NCCN(C)C)C(OCCCCCN)=CC3OCCCCCN)CC2)cc1C(=O)NC1CCC(NC(=O)c2cc(C(=O)NCCN(C)C)c(OCCCCCN)cc2OCCCCCN)CC1. The van der Waals surface area contributed by atoms with E-state index in [1.165, 1.54) is 26.4 Å². The molecule has 2 atom stereocenters. The smallest absolute Gasteiger partial charge is 0.255 e. The maximum absolute atomic E-state index is 14.3. The summed E-state index contributed by atoms with van der Waals surface area (Å²) in [5, 5.41) is 18.6. The summed E-state index contributed by atoms with van der Waals surface area (Å²) >= 11 is 0. The van der Waals surface area contributed by atoms with Crippen LogP contribution < -0.4 is 73.8 Å². The van der Waals surface area contributed by atoms with Crippen molar-refractivity contribution in [2.45, 2.75) is 159 Å². The fraction of sp³-hybridized carbons (Fsp3) is 0.667. The first-order chi connectivity index (χ1) is 43.5. The van der Waals surface area contributed by atoms with Gasteiger partial charge >= 0.3 is 0 Å². The molecule has 6 amide bonds. The molecule has 24 heteroatoms. The minimum absolute atomic E-state index is 0.158. The average molecular weight is 1260 g/mol. The predicted octanol–water partition coefficient (Wildman–Crippen LogP) is 4.42. The van der Waals surface area contributed by atoms with E-state index in [0.717, 1.165) is 77.0 Å². The first-order valence-corrected chi connectivity index (χ1v) is 32.8. The second-order valence-corrected chi connectivity index (χ2v) is 24.2. The number of ether oxygens (including phenoxy) is 6. The summed E-state index contributed by atoms with van der Waals surface area (Å²) < 4.78 is 36.4. The van der Waals surface area contributed by atoms with Crippen molar-refractivity contribution in [3.8, 4) is 23.0 Å². The number of nitrogens with one attached hydrogen (secondary N) is 6. The Kier molecular flexibility index (Phi) is 33.8. The molecule has 3 aliphatic rings. The van der Waals surface area contributed by atoms with Crippen molar-refractivity contribution >= 4 is 35.4 Å². The number of rotatable bonds is 42. The van der Waals surface area contributed by atoms with Crippen molar-refractivity contribution in [3.05, 3.63) is 70.0 Å². The molecule has 2 fully saturated rings. The average Bonchev–Trinajstić information content (AvgIpc) is 0.977. The van der Waals surface area contributed by atoms with Gasteiger partial charge in [0.1, 0.15) is 28.8 Å². The summed E-state index contributed by atoms with van der Waals surface area (Å²) in [7, 11) is 10.6. The van der Waals surface area contributed by atoms with Gasteiger partial charge in [0.15, 0.2) is 0 Å². The molecule has 0 spiro atoms. The van der Waals surface area contributed by atoms with Crippen LogP contribution in [-0.4, -0.2) is 197 Å². The van der Waals surface area contributed by atoms with Crippen LogP contribution in [0.4, 0.5) is 0 Å². The Balaban J connectivity index is 1.22. The highest BCUT2D eigenvalue weighted by molar-refractivity contribution is 6.05. The van der Waals surface area contributed by atoms with Crippen LogP contribution in [0, 0.1) is 5.92 Å². The number of methoxy groups -OCH3 is 2. The van der Waals surface area contributed by atoms with Gasteiger partial charge in [-0.15, -0.1) is 0 Å². The molecule has 0 saturated heterocycles. The third-order valence-corrected chi connectivity index (χ3v) is 16.4. The van der Waals surface area contributed by atoms with E-state index in [1.54, 1.807) is 24.3 Å². The zero-order valence-electron chi connectivity index (χ0n) is 54.7. The maximum Gasteiger partial charge on any atom is 0.255 e. The molecular formula is C66H108N12O12. The maximum atomic E-state index is 14.3. The molecule has 504 valence electrons. The minimum Gasteiger partial charge on any atom is -0.496 e. The normalized spacial score (nSPS) is 19.0. The van der Waals surface area contributed by atoms with Gasteiger partial charge in [-0.25, -0.2) is 0 Å². The lowest BCUT2D eigenvalue weighted by atomic mass is 9.88. The van der Waals surface area contributed by atoms with Crippen LogP contribution in [0.25, 0.3) is 0 Å². The zero-order valence-corrected chi connectivity index (χ0v) is 54.7. The minimum atomic E-state index is -0.808. The van der Waals surface area contributed by atoms with Crippen LogP contribution in [0.3, 0.4) is 0 Å². The largest absolute Gasteiger partial charge is 0.496 e. The van der Waals surface area contributed by atoms with E-state index in [-0.39, 0.29) is 75.6 Å². The Hall–Kier alpha value is -6.54. The van der Waals surface area contributed by atoms with Crippen molar-refractivity contribution < 1.29 is 57.2 Å². The van der Waals surface area contributed by atoms with Gasteiger partial charge in [0.2, 0.25) is 5.91 Å². The quantitative estimate of drug-likeness (QED) is 0.0411. The van der Waals surface area contributed by atoms with Crippen LogP contribution in [0.5, 0.6) is 23.0 Å². The summed E-state index contributed by atoms with van der Waals surface area (Å²) in [4.78, 5) is 88.4. The van der Waals surface area contributed by atoms with E-state index in [9.17, 15) is 28.8 Å². The van der Waals surface area contributed by atoms with E-state index >= 15 is 0 Å². The molecule has 3 aliphatic carbocycles. The number of unbranched alkanes of at least 4 members (excludes halogenated alkanes) is 8. The number of hydrogen-bond donors (Lipinski definition) is 10. The fourth-order valence-electron chi connectivity index (χ4n) is 11.1. The van der Waals surface area contributed by atoms with Crippen molar-refractivity contribution in [1.29, 1.82) is 0 Å². The molecule has 0 aliphatic heterocycles. The van der Waals surface area contributed by atoms with Gasteiger partial charge in [-0.05, 0) is 201 Å². The van der Waals surface area contributed by atoms with Gasteiger partial charge in [0.05, 0.1) is 73.9 Å². The van der Waals surface area contributed by atoms with E-state index in [1.807, 2.05) is 38.0 Å². The third kappa shape index (κ3) is 24.9. The molecule has 2 aromatic rings. The summed E-state index contributed by atoms with van der Waals surface area (Å²) in [6.45, 7) is 5.85. The van der Waals surface area contributed by atoms with Crippen molar-refractivity contribution in [1.82, 2.24) is 41.7 Å². The van der Waals surface area contributed by atoms with Gasteiger partial charge in [0.25, 0.3) is 29.5 Å². The Labute approximate surface area is 534 Å². The summed E-state index contributed by atoms with van der Waals surface area (Å²) in [5.74, 6) is -1.54. The number of nitrogens with two attached hydrogens (primary N) is 4. The number of carbonyl (C=O) groups is 6. The Morgan fingerprint density at radius 1 is 0.433 bits per heavy atom. The third-order valence-electron chi connectivity index (χ3n) is 16.4. The zero-order chi connectivity index (χ0) is 65.2. The van der Waals surface area contributed by atoms with Crippen LogP contribution in [0.1, 0.15) is 170 Å². The lowest BCUT2D eigenvalue weighted by Crippen LogP contribution is -2.47. The highest BCUT2D eigenvalue weighted by Crippen LogP contribution is 2.34. The first-order valence-electron chi connectivity index (χ1n) is 32.8. The molecule has 24 nitrogen and oxygen atoms in total. The van der Waals surface area contributed by atoms with E-state index in [0.29, 0.717) is 153 Å². The van der Waals surface area contributed by atoms with Crippen LogP contribution in [-0.2, 0) is 19.1 Å². The number of amides is 6. The first kappa shape index (κ1) is 74.2.